The van der Waals surface area contributed by atoms with Crippen LogP contribution in [-0.4, -0.2) is 52.4 Å². The molecule has 2 aliphatic heterocycles. The number of piperidine rings is 1. The molecule has 0 atom stereocenters. The molecule has 1 saturated carbocycles. The van der Waals surface area contributed by atoms with Crippen LogP contribution in [0.3, 0.4) is 0 Å². The molecule has 0 unspecified atom stereocenters. The monoisotopic (exact) mass is 510 g/mol. The molecule has 1 N–H and O–H groups in total. The Kier molecular flexibility index (Phi) is 6.36. The second-order valence-electron chi connectivity index (χ2n) is 11.4. The van der Waals surface area contributed by atoms with Gasteiger partial charge in [0.2, 0.25) is 0 Å². The number of benzene rings is 2. The van der Waals surface area contributed by atoms with Crippen molar-refractivity contribution in [2.75, 3.05) is 26.7 Å². The molecule has 2 aromatic carbocycles. The number of nitrogens with zero attached hydrogens (tertiary/aromatic N) is 3. The number of aromatic amines is 1. The fourth-order valence-electron chi connectivity index (χ4n) is 6.17. The summed E-state index contributed by atoms with van der Waals surface area (Å²) in [5.41, 5.74) is 6.26. The molecule has 5 nitrogen and oxygen atoms in total. The van der Waals surface area contributed by atoms with Gasteiger partial charge in [-0.1, -0.05) is 30.5 Å². The fraction of sp³-hybridized carbons (Fsp3) is 0.438. The number of hydrogen-bond acceptors (Lipinski definition) is 3. The van der Waals surface area contributed by atoms with E-state index in [-0.39, 0.29) is 18.7 Å². The number of likely N-dealkylation sites (tertiary alicyclic amines) is 1. The van der Waals surface area contributed by atoms with Crippen molar-refractivity contribution in [3.8, 4) is 23.7 Å². The van der Waals surface area contributed by atoms with E-state index >= 15 is 4.39 Å². The summed E-state index contributed by atoms with van der Waals surface area (Å²) < 4.78 is 15.9. The van der Waals surface area contributed by atoms with Crippen LogP contribution in [0.15, 0.2) is 36.4 Å². The molecule has 0 spiro atoms. The van der Waals surface area contributed by atoms with Crippen LogP contribution in [0.2, 0.25) is 0 Å². The van der Waals surface area contributed by atoms with Crippen LogP contribution in [0.1, 0.15) is 82.0 Å². The van der Waals surface area contributed by atoms with Crippen LogP contribution >= 0.6 is 0 Å². The highest BCUT2D eigenvalue weighted by Gasteiger charge is 2.38. The molecule has 1 aromatic heterocycles. The minimum Gasteiger partial charge on any atom is -0.341 e. The highest BCUT2D eigenvalue weighted by Crippen LogP contribution is 2.43. The first-order valence-corrected chi connectivity index (χ1v) is 13.8. The van der Waals surface area contributed by atoms with Crippen molar-refractivity contribution in [1.29, 1.82) is 0 Å². The summed E-state index contributed by atoms with van der Waals surface area (Å²) >= 11 is 0. The molecule has 3 heterocycles. The number of hydrogen-bond donors (Lipinski definition) is 1. The van der Waals surface area contributed by atoms with Crippen molar-refractivity contribution in [3.05, 3.63) is 75.6 Å². The first-order valence-electron chi connectivity index (χ1n) is 13.8. The van der Waals surface area contributed by atoms with Crippen molar-refractivity contribution < 1.29 is 9.18 Å². The van der Waals surface area contributed by atoms with E-state index < -0.39 is 5.67 Å². The molecule has 1 saturated heterocycles. The highest BCUT2D eigenvalue weighted by atomic mass is 19.1. The number of alkyl halides is 1. The van der Waals surface area contributed by atoms with Crippen LogP contribution in [0, 0.1) is 19.3 Å². The van der Waals surface area contributed by atoms with Gasteiger partial charge in [-0.3, -0.25) is 4.79 Å². The third-order valence-corrected chi connectivity index (χ3v) is 8.86. The number of carbonyl (C=O) groups is 1. The number of rotatable bonds is 4. The number of carbonyl (C=O) groups excluding carboxylic acids is 1. The Balaban J connectivity index is 1.27. The Morgan fingerprint density at radius 3 is 2.55 bits per heavy atom. The predicted molar refractivity (Wildman–Crippen MR) is 148 cm³/mol. The molecule has 38 heavy (non-hydrogen) atoms. The largest absolute Gasteiger partial charge is 0.341 e. The van der Waals surface area contributed by atoms with E-state index in [0.29, 0.717) is 30.1 Å². The van der Waals surface area contributed by atoms with Gasteiger partial charge in [-0.25, -0.2) is 9.37 Å². The zero-order valence-corrected chi connectivity index (χ0v) is 22.3. The van der Waals surface area contributed by atoms with E-state index in [1.807, 2.05) is 11.8 Å². The second kappa shape index (κ2) is 9.71. The molecule has 3 aromatic rings. The van der Waals surface area contributed by atoms with E-state index in [9.17, 15) is 4.79 Å². The van der Waals surface area contributed by atoms with E-state index in [1.54, 1.807) is 24.3 Å². The first kappa shape index (κ1) is 24.9. The molecule has 196 valence electrons. The number of H-pyrrole nitrogens is 1. The van der Waals surface area contributed by atoms with Crippen molar-refractivity contribution in [3.63, 3.8) is 0 Å². The summed E-state index contributed by atoms with van der Waals surface area (Å²) in [7, 11) is 2.13. The molecular weight excluding hydrogens is 475 g/mol. The van der Waals surface area contributed by atoms with Crippen LogP contribution in [0.5, 0.6) is 0 Å². The standard InChI is InChI=1S/C32H35FN4O/c1-4-22-8-10-24(11-9-22)32(33)13-16-37(17-14-32)31(38)25-19-27(26(18-21(25)2)23-6-5-7-23)30-34-28-12-15-36(3)20-29(28)35-30/h1,8-11,18-19,23H,5-7,12-17,20H2,2-3H3,(H,34,35). The van der Waals surface area contributed by atoms with Gasteiger partial charge in [0, 0.05) is 62.1 Å². The maximum absolute atomic E-state index is 15.9. The van der Waals surface area contributed by atoms with E-state index in [2.05, 4.69) is 35.0 Å². The van der Waals surface area contributed by atoms with Crippen molar-refractivity contribution in [2.24, 2.45) is 0 Å². The van der Waals surface area contributed by atoms with Gasteiger partial charge in [-0.05, 0) is 67.6 Å². The van der Waals surface area contributed by atoms with Crippen molar-refractivity contribution in [1.82, 2.24) is 19.8 Å². The molecule has 0 bridgehead atoms. The topological polar surface area (TPSA) is 52.2 Å². The lowest BCUT2D eigenvalue weighted by Gasteiger charge is -2.37. The molecule has 2 fully saturated rings. The van der Waals surface area contributed by atoms with Gasteiger partial charge in [0.25, 0.3) is 5.91 Å². The number of halogens is 1. The highest BCUT2D eigenvalue weighted by molar-refractivity contribution is 5.97. The molecule has 0 radical (unpaired) electrons. The summed E-state index contributed by atoms with van der Waals surface area (Å²) in [6.07, 6.45) is 10.5. The normalized spacial score (nSPS) is 19.5. The Labute approximate surface area is 224 Å². The Morgan fingerprint density at radius 2 is 1.89 bits per heavy atom. The van der Waals surface area contributed by atoms with Crippen molar-refractivity contribution in [2.45, 2.75) is 63.6 Å². The van der Waals surface area contributed by atoms with Crippen LogP contribution in [0.4, 0.5) is 4.39 Å². The first-order chi connectivity index (χ1) is 18.3. The average molecular weight is 511 g/mol. The smallest absolute Gasteiger partial charge is 0.254 e. The van der Waals surface area contributed by atoms with E-state index in [0.717, 1.165) is 47.7 Å². The molecule has 3 aliphatic rings. The number of likely N-dealkylation sites (N-methyl/N-ethyl adjacent to an activating group) is 1. The fourth-order valence-corrected chi connectivity index (χ4v) is 6.17. The summed E-state index contributed by atoms with van der Waals surface area (Å²) in [4.78, 5) is 26.5. The SMILES string of the molecule is C#Cc1ccc(C2(F)CCN(C(=O)c3cc(-c4nc5c([nH]4)CN(C)CC5)c(C4CCC4)cc3C)CC2)cc1. The van der Waals surface area contributed by atoms with Gasteiger partial charge in [-0.2, -0.15) is 0 Å². The van der Waals surface area contributed by atoms with E-state index in [4.69, 9.17) is 11.4 Å². The number of aromatic nitrogens is 2. The number of fused-ring (bicyclic) bond motifs is 1. The number of nitrogens with one attached hydrogen (secondary N) is 1. The van der Waals surface area contributed by atoms with Gasteiger partial charge >= 0.3 is 0 Å². The Bertz CT molecular complexity index is 1400. The zero-order chi connectivity index (χ0) is 26.4. The number of terminal acetylenes is 1. The van der Waals surface area contributed by atoms with Gasteiger partial charge in [0.1, 0.15) is 11.5 Å². The number of imidazole rings is 1. The zero-order valence-electron chi connectivity index (χ0n) is 22.3. The minimum absolute atomic E-state index is 0.0234. The molecule has 1 amide bonds. The molecule has 1 aliphatic carbocycles. The maximum Gasteiger partial charge on any atom is 0.254 e. The molecular formula is C32H35FN4O. The lowest BCUT2D eigenvalue weighted by molar-refractivity contribution is 0.0421. The third kappa shape index (κ3) is 4.43. The van der Waals surface area contributed by atoms with Crippen LogP contribution < -0.4 is 0 Å². The van der Waals surface area contributed by atoms with E-state index in [1.165, 1.54) is 30.5 Å². The quantitative estimate of drug-likeness (QED) is 0.457. The van der Waals surface area contributed by atoms with Gasteiger partial charge in [0.05, 0.1) is 11.4 Å². The summed E-state index contributed by atoms with van der Waals surface area (Å²) in [6, 6.07) is 11.4. The van der Waals surface area contributed by atoms with Gasteiger partial charge in [0.15, 0.2) is 0 Å². The third-order valence-electron chi connectivity index (χ3n) is 8.86. The summed E-state index contributed by atoms with van der Waals surface area (Å²) in [6.45, 7) is 4.66. The second-order valence-corrected chi connectivity index (χ2v) is 11.4. The number of aryl methyl sites for hydroxylation is 1. The van der Waals surface area contributed by atoms with Crippen LogP contribution in [-0.2, 0) is 18.6 Å². The summed E-state index contributed by atoms with van der Waals surface area (Å²) in [5, 5.41) is 0. The van der Waals surface area contributed by atoms with Gasteiger partial charge in [-0.15, -0.1) is 6.42 Å². The maximum atomic E-state index is 15.9. The lowest BCUT2D eigenvalue weighted by atomic mass is 9.77. The predicted octanol–water partition coefficient (Wildman–Crippen LogP) is 5.72. The van der Waals surface area contributed by atoms with Gasteiger partial charge < -0.3 is 14.8 Å². The summed E-state index contributed by atoms with van der Waals surface area (Å²) in [5.74, 6) is 3.95. The molecule has 6 heteroatoms. The Morgan fingerprint density at radius 1 is 1.16 bits per heavy atom. The minimum atomic E-state index is -1.45. The van der Waals surface area contributed by atoms with Crippen LogP contribution in [0.25, 0.3) is 11.4 Å². The van der Waals surface area contributed by atoms with Crippen molar-refractivity contribution >= 4 is 5.91 Å². The lowest BCUT2D eigenvalue weighted by Crippen LogP contribution is -2.43. The number of amides is 1. The Hall–Kier alpha value is -3.43. The average Bonchev–Trinajstić information content (AvgIpc) is 3.31. The molecule has 6 rings (SSSR count).